The predicted octanol–water partition coefficient (Wildman–Crippen LogP) is 1.19. The van der Waals surface area contributed by atoms with Crippen molar-refractivity contribution < 1.29 is 8.78 Å². The van der Waals surface area contributed by atoms with Crippen LogP contribution in [-0.4, -0.2) is 15.0 Å². The van der Waals surface area contributed by atoms with Gasteiger partial charge in [-0.05, 0) is 6.07 Å². The van der Waals surface area contributed by atoms with Gasteiger partial charge in [0.2, 0.25) is 0 Å². The first kappa shape index (κ1) is 9.57. The number of halogens is 2. The van der Waals surface area contributed by atoms with Crippen molar-refractivity contribution in [3.8, 4) is 0 Å². The summed E-state index contributed by atoms with van der Waals surface area (Å²) in [6, 6.07) is 3.39. The largest absolute Gasteiger partial charge is 0.381 e. The van der Waals surface area contributed by atoms with Gasteiger partial charge in [-0.2, -0.15) is 0 Å². The SMILES string of the molecule is Nc1cn(Cc2ccc(F)cc2F)nn1. The topological polar surface area (TPSA) is 56.7 Å². The summed E-state index contributed by atoms with van der Waals surface area (Å²) >= 11 is 0. The highest BCUT2D eigenvalue weighted by atomic mass is 19.1. The van der Waals surface area contributed by atoms with Gasteiger partial charge in [-0.1, -0.05) is 11.3 Å². The summed E-state index contributed by atoms with van der Waals surface area (Å²) in [5.74, 6) is -0.948. The third-order valence-corrected chi connectivity index (χ3v) is 1.90. The number of aromatic nitrogens is 3. The molecular weight excluding hydrogens is 202 g/mol. The Hall–Kier alpha value is -1.98. The van der Waals surface area contributed by atoms with E-state index in [9.17, 15) is 8.78 Å². The van der Waals surface area contributed by atoms with Crippen molar-refractivity contribution >= 4 is 5.82 Å². The molecule has 1 heterocycles. The molecule has 2 aromatic rings. The maximum absolute atomic E-state index is 13.2. The van der Waals surface area contributed by atoms with Crippen LogP contribution in [0.2, 0.25) is 0 Å². The van der Waals surface area contributed by atoms with Gasteiger partial charge in [0.15, 0.2) is 5.82 Å². The quantitative estimate of drug-likeness (QED) is 0.809. The molecule has 0 unspecified atom stereocenters. The van der Waals surface area contributed by atoms with Crippen LogP contribution in [0.25, 0.3) is 0 Å². The van der Waals surface area contributed by atoms with E-state index >= 15 is 0 Å². The monoisotopic (exact) mass is 210 g/mol. The average Bonchev–Trinajstić information content (AvgIpc) is 2.56. The van der Waals surface area contributed by atoms with Crippen LogP contribution < -0.4 is 5.73 Å². The maximum Gasteiger partial charge on any atom is 0.165 e. The van der Waals surface area contributed by atoms with Gasteiger partial charge in [-0.3, -0.25) is 0 Å². The fraction of sp³-hybridized carbons (Fsp3) is 0.111. The average molecular weight is 210 g/mol. The first-order chi connectivity index (χ1) is 7.15. The summed E-state index contributed by atoms with van der Waals surface area (Å²) in [7, 11) is 0. The third kappa shape index (κ3) is 2.09. The van der Waals surface area contributed by atoms with Gasteiger partial charge in [0.1, 0.15) is 11.6 Å². The number of nitrogen functional groups attached to an aromatic ring is 1. The zero-order chi connectivity index (χ0) is 10.8. The van der Waals surface area contributed by atoms with Gasteiger partial charge in [0.05, 0.1) is 12.7 Å². The van der Waals surface area contributed by atoms with Crippen molar-refractivity contribution in [2.45, 2.75) is 6.54 Å². The van der Waals surface area contributed by atoms with Gasteiger partial charge in [0.25, 0.3) is 0 Å². The molecule has 0 atom stereocenters. The lowest BCUT2D eigenvalue weighted by Crippen LogP contribution is -2.03. The van der Waals surface area contributed by atoms with E-state index in [2.05, 4.69) is 10.3 Å². The van der Waals surface area contributed by atoms with Crippen LogP contribution in [0.3, 0.4) is 0 Å². The molecule has 2 N–H and O–H groups in total. The summed E-state index contributed by atoms with van der Waals surface area (Å²) < 4.78 is 27.2. The lowest BCUT2D eigenvalue weighted by molar-refractivity contribution is 0.554. The Bertz CT molecular complexity index is 481. The van der Waals surface area contributed by atoms with Crippen LogP contribution in [0, 0.1) is 11.6 Å². The van der Waals surface area contributed by atoms with E-state index in [4.69, 9.17) is 5.73 Å². The summed E-state index contributed by atoms with van der Waals surface area (Å²) in [6.07, 6.45) is 1.47. The normalized spacial score (nSPS) is 10.5. The summed E-state index contributed by atoms with van der Waals surface area (Å²) in [5.41, 5.74) is 5.68. The van der Waals surface area contributed by atoms with E-state index < -0.39 is 11.6 Å². The Morgan fingerprint density at radius 1 is 1.33 bits per heavy atom. The first-order valence-corrected chi connectivity index (χ1v) is 4.24. The van der Waals surface area contributed by atoms with Crippen LogP contribution in [0.1, 0.15) is 5.56 Å². The molecule has 0 bridgehead atoms. The fourth-order valence-electron chi connectivity index (χ4n) is 1.22. The molecule has 0 spiro atoms. The minimum absolute atomic E-state index is 0.177. The molecule has 0 saturated heterocycles. The second-order valence-corrected chi connectivity index (χ2v) is 3.08. The molecule has 0 fully saturated rings. The number of anilines is 1. The second-order valence-electron chi connectivity index (χ2n) is 3.08. The molecule has 0 aliphatic rings. The van der Waals surface area contributed by atoms with Crippen LogP contribution in [-0.2, 0) is 6.54 Å². The summed E-state index contributed by atoms with van der Waals surface area (Å²) in [6.45, 7) is 0.177. The minimum Gasteiger partial charge on any atom is -0.381 e. The smallest absolute Gasteiger partial charge is 0.165 e. The molecular formula is C9H8F2N4. The van der Waals surface area contributed by atoms with Crippen LogP contribution in [0.5, 0.6) is 0 Å². The standard InChI is InChI=1S/C9H8F2N4/c10-7-2-1-6(8(11)3-7)4-15-5-9(12)13-14-15/h1-3,5H,4,12H2. The molecule has 0 aliphatic carbocycles. The van der Waals surface area contributed by atoms with Crippen molar-refractivity contribution in [3.05, 3.63) is 41.6 Å². The zero-order valence-electron chi connectivity index (χ0n) is 7.69. The minimum atomic E-state index is -0.607. The van der Waals surface area contributed by atoms with Crippen molar-refractivity contribution in [3.63, 3.8) is 0 Å². The first-order valence-electron chi connectivity index (χ1n) is 4.24. The Kier molecular flexibility index (Phi) is 2.32. The number of benzene rings is 1. The second kappa shape index (κ2) is 3.64. The molecule has 0 amide bonds. The van der Waals surface area contributed by atoms with Crippen molar-refractivity contribution in [1.29, 1.82) is 0 Å². The summed E-state index contributed by atoms with van der Waals surface area (Å²) in [5, 5.41) is 7.21. The molecule has 78 valence electrons. The molecule has 15 heavy (non-hydrogen) atoms. The molecule has 0 radical (unpaired) electrons. The molecule has 6 heteroatoms. The third-order valence-electron chi connectivity index (χ3n) is 1.90. The van der Waals surface area contributed by atoms with Gasteiger partial charge < -0.3 is 5.73 Å². The predicted molar refractivity (Wildman–Crippen MR) is 49.9 cm³/mol. The van der Waals surface area contributed by atoms with Crippen LogP contribution >= 0.6 is 0 Å². The van der Waals surface area contributed by atoms with E-state index in [1.807, 2.05) is 0 Å². The van der Waals surface area contributed by atoms with E-state index in [1.54, 1.807) is 0 Å². The number of nitrogens with two attached hydrogens (primary N) is 1. The number of hydrogen-bond acceptors (Lipinski definition) is 3. The maximum atomic E-state index is 13.2. The van der Waals surface area contributed by atoms with E-state index in [0.717, 1.165) is 6.07 Å². The molecule has 2 rings (SSSR count). The fourth-order valence-corrected chi connectivity index (χ4v) is 1.22. The van der Waals surface area contributed by atoms with Gasteiger partial charge in [0, 0.05) is 11.6 Å². The number of hydrogen-bond donors (Lipinski definition) is 1. The van der Waals surface area contributed by atoms with Gasteiger partial charge >= 0.3 is 0 Å². The Morgan fingerprint density at radius 2 is 2.13 bits per heavy atom. The lowest BCUT2D eigenvalue weighted by atomic mass is 10.2. The Morgan fingerprint density at radius 3 is 2.73 bits per heavy atom. The van der Waals surface area contributed by atoms with Gasteiger partial charge in [-0.15, -0.1) is 5.10 Å². The van der Waals surface area contributed by atoms with Crippen LogP contribution in [0.15, 0.2) is 24.4 Å². The number of nitrogens with zero attached hydrogens (tertiary/aromatic N) is 3. The molecule has 4 nitrogen and oxygen atoms in total. The van der Waals surface area contributed by atoms with Gasteiger partial charge in [-0.25, -0.2) is 13.5 Å². The Labute approximate surface area is 84.3 Å². The lowest BCUT2D eigenvalue weighted by Gasteiger charge is -2.02. The summed E-state index contributed by atoms with van der Waals surface area (Å²) in [4.78, 5) is 0. The van der Waals surface area contributed by atoms with E-state index in [0.29, 0.717) is 5.56 Å². The van der Waals surface area contributed by atoms with E-state index in [1.165, 1.54) is 23.0 Å². The highest BCUT2D eigenvalue weighted by molar-refractivity contribution is 5.22. The molecule has 0 aliphatic heterocycles. The highest BCUT2D eigenvalue weighted by Crippen LogP contribution is 2.10. The zero-order valence-corrected chi connectivity index (χ0v) is 7.69. The molecule has 1 aromatic carbocycles. The molecule has 1 aromatic heterocycles. The highest BCUT2D eigenvalue weighted by Gasteiger charge is 2.05. The van der Waals surface area contributed by atoms with Crippen molar-refractivity contribution in [1.82, 2.24) is 15.0 Å². The van der Waals surface area contributed by atoms with Crippen molar-refractivity contribution in [2.75, 3.05) is 5.73 Å². The van der Waals surface area contributed by atoms with Crippen molar-refractivity contribution in [2.24, 2.45) is 0 Å². The Balaban J connectivity index is 2.24. The number of rotatable bonds is 2. The van der Waals surface area contributed by atoms with Crippen LogP contribution in [0.4, 0.5) is 14.6 Å². The van der Waals surface area contributed by atoms with E-state index in [-0.39, 0.29) is 12.4 Å². The molecule has 0 saturated carbocycles.